The first-order valence-corrected chi connectivity index (χ1v) is 27.7. The Morgan fingerprint density at radius 1 is 0.434 bits per heavy atom. The van der Waals surface area contributed by atoms with Crippen LogP contribution in [0.1, 0.15) is 55.5 Å². The third-order valence-electron chi connectivity index (χ3n) is 12.6. The van der Waals surface area contributed by atoms with Gasteiger partial charge in [-0.25, -0.2) is 25.3 Å². The fourth-order valence-electron chi connectivity index (χ4n) is 8.02. The average Bonchev–Trinajstić information content (AvgIpc) is 3.39. The van der Waals surface area contributed by atoms with Crippen LogP contribution in [0.15, 0.2) is 211 Å². The minimum absolute atomic E-state index is 0. The Labute approximate surface area is 491 Å². The molecule has 0 bridgehead atoms. The van der Waals surface area contributed by atoms with E-state index in [2.05, 4.69) is 9.37 Å². The fraction of sp³-hybridized carbons (Fsp3) is 0.143. The number of hydrogen-bond donors (Lipinski definition) is 0. The maximum atomic E-state index is 14.0. The van der Waals surface area contributed by atoms with Gasteiger partial charge in [0.15, 0.2) is 0 Å². The van der Waals surface area contributed by atoms with E-state index in [9.17, 15) is 35.1 Å². The molecule has 0 radical (unpaired) electrons. The molecular weight excluding hydrogens is 1070 g/mol. The van der Waals surface area contributed by atoms with Crippen LogP contribution in [0, 0.1) is 6.92 Å². The zero-order valence-electron chi connectivity index (χ0n) is 42.7. The van der Waals surface area contributed by atoms with E-state index in [1.165, 1.54) is 24.3 Å². The number of aryl methyl sites for hydroxylation is 1. The summed E-state index contributed by atoms with van der Waals surface area (Å²) in [5, 5.41) is 14.5. The molecule has 20 heteroatoms. The number of hydrogen-bond acceptors (Lipinski definition) is 15. The molecule has 0 heterocycles. The zero-order valence-corrected chi connectivity index (χ0v) is 49.9. The van der Waals surface area contributed by atoms with Crippen molar-refractivity contribution in [2.45, 2.75) is 74.8 Å². The summed E-state index contributed by atoms with van der Waals surface area (Å²) in [7, 11) is -11.9. The van der Waals surface area contributed by atoms with Crippen molar-refractivity contribution in [2.24, 2.45) is 0 Å². The van der Waals surface area contributed by atoms with Crippen LogP contribution in [0.25, 0.3) is 0 Å². The number of ether oxygens (including phenoxy) is 4. The monoisotopic (exact) mass is 1120 g/mol. The second-order valence-electron chi connectivity index (χ2n) is 18.0. The number of benzene rings is 8. The van der Waals surface area contributed by atoms with Gasteiger partial charge in [0.2, 0.25) is 19.7 Å². The molecule has 8 aromatic carbocycles. The summed E-state index contributed by atoms with van der Waals surface area (Å²) < 4.78 is 120. The molecule has 0 aromatic heterocycles. The van der Waals surface area contributed by atoms with Gasteiger partial charge in [0.05, 0.1) is 48.5 Å². The van der Waals surface area contributed by atoms with E-state index in [1.807, 2.05) is 95.3 Å². The van der Waals surface area contributed by atoms with Gasteiger partial charge in [-0.05, 0) is 151 Å². The topological polar surface area (TPSA) is 204 Å². The largest absolute Gasteiger partial charge is 1.00 e. The van der Waals surface area contributed by atoms with Crippen molar-refractivity contribution < 1.29 is 122 Å². The molecule has 0 saturated heterocycles. The van der Waals surface area contributed by atoms with Crippen molar-refractivity contribution in [1.82, 2.24) is 0 Å². The molecule has 0 amide bonds. The van der Waals surface area contributed by atoms with E-state index in [0.29, 0.717) is 29.3 Å². The summed E-state index contributed by atoms with van der Waals surface area (Å²) in [6.07, 6.45) is 0. The van der Waals surface area contributed by atoms with E-state index < -0.39 is 50.4 Å². The van der Waals surface area contributed by atoms with Crippen LogP contribution < -0.4 is 83.3 Å². The number of rotatable bonds is 19. The van der Waals surface area contributed by atoms with Crippen molar-refractivity contribution in [3.05, 3.63) is 210 Å². The molecule has 0 fully saturated rings. The van der Waals surface area contributed by atoms with Gasteiger partial charge in [-0.15, -0.1) is 0 Å². The Balaban J connectivity index is 0.00000469. The molecule has 14 nitrogen and oxygen atoms in total. The first kappa shape index (κ1) is 60.2. The molecule has 76 heavy (non-hydrogen) atoms. The fourth-order valence-corrected chi connectivity index (χ4v) is 11.8. The SMILES string of the molecule is COc1ccc(C(C)(C)c2ccc(Oc3ccc(S(=O)(=O)c4ccc(Oc5ccc(C(C)(C)c6ccc(Oc7ccc(S(=O)(=O)c8ccc(C)cc8)cc7)cc6)cc5)c(SOO[O-])c4)cc3S(=O)(=O)[O-])cc2)cc1.[Na+].[Na+]. The zero-order chi connectivity index (χ0) is 53.1. The Bertz CT molecular complexity index is 3630. The average molecular weight is 1120 g/mol. The molecular formula is C56H48Na2O14S4. The van der Waals surface area contributed by atoms with Gasteiger partial charge in [-0.3, -0.25) is 5.04 Å². The van der Waals surface area contributed by atoms with Gasteiger partial charge in [0, 0.05) is 10.8 Å². The normalized spacial score (nSPS) is 11.9. The predicted molar refractivity (Wildman–Crippen MR) is 274 cm³/mol. The predicted octanol–water partition coefficient (Wildman–Crippen LogP) is 5.84. The van der Waals surface area contributed by atoms with Crippen molar-refractivity contribution in [1.29, 1.82) is 0 Å². The third-order valence-corrected chi connectivity index (χ3v) is 17.6. The molecule has 0 N–H and O–H groups in total. The summed E-state index contributed by atoms with van der Waals surface area (Å²) in [4.78, 5) is -1.40. The van der Waals surface area contributed by atoms with Gasteiger partial charge >= 0.3 is 59.1 Å². The molecule has 382 valence electrons. The van der Waals surface area contributed by atoms with E-state index in [1.54, 1.807) is 79.9 Å². The van der Waals surface area contributed by atoms with Crippen molar-refractivity contribution >= 4 is 41.8 Å². The van der Waals surface area contributed by atoms with E-state index in [-0.39, 0.29) is 95.9 Å². The first-order valence-electron chi connectivity index (χ1n) is 22.6. The summed E-state index contributed by atoms with van der Waals surface area (Å²) in [5.74, 6) is 1.99. The molecule has 0 aliphatic carbocycles. The summed E-state index contributed by atoms with van der Waals surface area (Å²) in [5.41, 5.74) is 3.83. The standard InChI is InChI=1S/C56H50O14S4.2Na/c1-37-7-27-47(28-8-37)72(58,59)48-29-25-44(26-30-48)66-43-19-11-39(12-20-43)56(4,5)40-13-21-45(22-14-40)67-51-33-31-49(35-53(51)71-70-69-57)73(60,61)50-32-34-52(54(36-50)74(62,63)64)68-46-23-15-41(16-24-46)55(2,3)38-9-17-42(65-6)18-10-38;;/h7-36,57H,1-6H3,(H,62,63,64);;/q;2*+1/p-2. The van der Waals surface area contributed by atoms with Crippen LogP contribution in [0.2, 0.25) is 0 Å². The Hall–Kier alpha value is -5.00. The van der Waals surface area contributed by atoms with E-state index in [4.69, 9.17) is 18.9 Å². The van der Waals surface area contributed by atoms with Crippen LogP contribution in [-0.2, 0) is 50.0 Å². The summed E-state index contributed by atoms with van der Waals surface area (Å²) >= 11 is 0.383. The van der Waals surface area contributed by atoms with Crippen molar-refractivity contribution in [3.8, 4) is 40.2 Å². The van der Waals surface area contributed by atoms with Crippen LogP contribution in [-0.4, -0.2) is 36.9 Å². The van der Waals surface area contributed by atoms with Gasteiger partial charge in [-0.2, -0.15) is 4.33 Å². The Morgan fingerprint density at radius 3 is 1.20 bits per heavy atom. The minimum Gasteiger partial charge on any atom is -0.744 e. The quantitative estimate of drug-likeness (QED) is 0.0307. The Kier molecular flexibility index (Phi) is 19.6. The molecule has 0 unspecified atom stereocenters. The van der Waals surface area contributed by atoms with E-state index in [0.717, 1.165) is 57.8 Å². The van der Waals surface area contributed by atoms with Crippen LogP contribution >= 0.6 is 12.0 Å². The molecule has 0 saturated carbocycles. The summed E-state index contributed by atoms with van der Waals surface area (Å²) in [6.45, 7) is 10.1. The van der Waals surface area contributed by atoms with Gasteiger partial charge in [-0.1, -0.05) is 93.9 Å². The smallest absolute Gasteiger partial charge is 0.744 e. The van der Waals surface area contributed by atoms with Crippen LogP contribution in [0.4, 0.5) is 0 Å². The third kappa shape index (κ3) is 13.6. The molecule has 8 rings (SSSR count). The van der Waals surface area contributed by atoms with E-state index >= 15 is 0 Å². The first-order chi connectivity index (χ1) is 35.1. The van der Waals surface area contributed by atoms with Crippen molar-refractivity contribution in [3.63, 3.8) is 0 Å². The maximum Gasteiger partial charge on any atom is 1.00 e. The second-order valence-corrected chi connectivity index (χ2v) is 24.0. The molecule has 8 aromatic rings. The maximum absolute atomic E-state index is 14.0. The van der Waals surface area contributed by atoms with Gasteiger partial charge in [0.1, 0.15) is 50.4 Å². The minimum atomic E-state index is -5.27. The molecule has 0 spiro atoms. The second kappa shape index (κ2) is 24.8. The van der Waals surface area contributed by atoms with Gasteiger partial charge in [0.25, 0.3) is 0 Å². The van der Waals surface area contributed by atoms with Gasteiger partial charge < -0.3 is 28.8 Å². The molecule has 0 atom stereocenters. The molecule has 0 aliphatic heterocycles. The Morgan fingerprint density at radius 2 is 0.776 bits per heavy atom. The molecule has 0 aliphatic rings. The number of sulfone groups is 2. The van der Waals surface area contributed by atoms with Crippen LogP contribution in [0.5, 0.6) is 40.2 Å². The summed E-state index contributed by atoms with van der Waals surface area (Å²) in [6, 6.07) is 48.7. The van der Waals surface area contributed by atoms with Crippen LogP contribution in [0.3, 0.4) is 0 Å². The number of methoxy groups -OCH3 is 1. The van der Waals surface area contributed by atoms with Crippen molar-refractivity contribution in [2.75, 3.05) is 7.11 Å².